The second kappa shape index (κ2) is 9.98. The van der Waals surface area contributed by atoms with Crippen LogP contribution in [-0.4, -0.2) is 26.1 Å². The molecule has 2 heterocycles. The van der Waals surface area contributed by atoms with E-state index in [0.29, 0.717) is 0 Å². The molecule has 6 aromatic rings. The maximum absolute atomic E-state index is 4.88. The third kappa shape index (κ3) is 4.27. The number of pyridine rings is 1. The zero-order chi connectivity index (χ0) is 28.1. The molecule has 1 aliphatic heterocycles. The van der Waals surface area contributed by atoms with Crippen LogP contribution in [0.25, 0.3) is 44.3 Å². The molecule has 198 valence electrons. The van der Waals surface area contributed by atoms with Gasteiger partial charge < -0.3 is 9.62 Å². The van der Waals surface area contributed by atoms with Crippen LogP contribution in [0.4, 0.5) is 11.4 Å². The van der Waals surface area contributed by atoms with Gasteiger partial charge in [0.2, 0.25) is 0 Å². The number of anilines is 2. The van der Waals surface area contributed by atoms with Crippen molar-refractivity contribution in [2.24, 2.45) is 0 Å². The van der Waals surface area contributed by atoms with E-state index in [4.69, 9.17) is 4.98 Å². The van der Waals surface area contributed by atoms with Gasteiger partial charge in [-0.3, -0.25) is 4.98 Å². The molecule has 0 bridgehead atoms. The topological polar surface area (TPSA) is 19.4 Å². The summed E-state index contributed by atoms with van der Waals surface area (Å²) in [6.07, 6.45) is 1.94. The lowest BCUT2D eigenvalue weighted by molar-refractivity contribution is 1.31. The van der Waals surface area contributed by atoms with Crippen molar-refractivity contribution >= 4 is 34.6 Å². The van der Waals surface area contributed by atoms with Crippen LogP contribution in [0.1, 0.15) is 11.1 Å². The Labute approximate surface area is 242 Å². The highest BCUT2D eigenvalue weighted by Gasteiger charge is 2.41. The summed E-state index contributed by atoms with van der Waals surface area (Å²) in [7, 11) is 4.45. The van der Waals surface area contributed by atoms with E-state index in [1.54, 1.807) is 0 Å². The first-order valence-corrected chi connectivity index (χ1v) is 14.2. The normalized spacial score (nSPS) is 12.7. The molecule has 0 unspecified atom stereocenters. The van der Waals surface area contributed by atoms with E-state index in [9.17, 15) is 0 Å². The first kappa shape index (κ1) is 25.2. The Morgan fingerprint density at radius 1 is 0.561 bits per heavy atom. The molecule has 0 saturated heterocycles. The third-order valence-corrected chi connectivity index (χ3v) is 8.38. The Kier molecular flexibility index (Phi) is 6.12. The molecule has 7 rings (SSSR count). The Morgan fingerprint density at radius 3 is 1.71 bits per heavy atom. The van der Waals surface area contributed by atoms with Gasteiger partial charge in [0, 0.05) is 28.5 Å². The van der Waals surface area contributed by atoms with E-state index in [2.05, 4.69) is 153 Å². The molecule has 0 saturated carbocycles. The summed E-state index contributed by atoms with van der Waals surface area (Å²) in [5.74, 6) is 0. The highest BCUT2D eigenvalue weighted by Crippen LogP contribution is 2.42. The fourth-order valence-corrected chi connectivity index (χ4v) is 6.60. The monoisotopic (exact) mass is 529 g/mol. The number of rotatable bonds is 4. The minimum absolute atomic E-state index is 0.0195. The maximum atomic E-state index is 4.88. The van der Waals surface area contributed by atoms with Crippen LogP contribution in [0.5, 0.6) is 0 Å². The standard InChI is InChI=1S/C37H32BN3/c1-25-20-26(2)22-30(21-25)37-33-24-35-34(23-29(33)18-19-39-37)40(3)38(41(35)4)36-31(27-12-7-5-8-13-27)16-11-17-32(36)28-14-9-6-10-15-28/h5-24H,1-4H3. The molecule has 4 heteroatoms. The van der Waals surface area contributed by atoms with Crippen LogP contribution in [0, 0.1) is 13.8 Å². The van der Waals surface area contributed by atoms with Gasteiger partial charge in [-0.05, 0) is 91.4 Å². The molecule has 3 nitrogen and oxygen atoms in total. The van der Waals surface area contributed by atoms with Crippen molar-refractivity contribution in [1.82, 2.24) is 4.98 Å². The number of fused-ring (bicyclic) bond motifs is 2. The van der Waals surface area contributed by atoms with Crippen LogP contribution in [0.15, 0.2) is 121 Å². The zero-order valence-corrected chi connectivity index (χ0v) is 24.0. The van der Waals surface area contributed by atoms with Gasteiger partial charge in [-0.25, -0.2) is 0 Å². The second-order valence-corrected chi connectivity index (χ2v) is 11.2. The van der Waals surface area contributed by atoms with Crippen molar-refractivity contribution in [2.75, 3.05) is 23.7 Å². The largest absolute Gasteiger partial charge is 0.412 e. The summed E-state index contributed by atoms with van der Waals surface area (Å²) in [5.41, 5.74) is 13.4. The summed E-state index contributed by atoms with van der Waals surface area (Å²) in [4.78, 5) is 9.74. The van der Waals surface area contributed by atoms with E-state index in [1.165, 1.54) is 66.6 Å². The van der Waals surface area contributed by atoms with Gasteiger partial charge in [0.15, 0.2) is 0 Å². The quantitative estimate of drug-likeness (QED) is 0.215. The average molecular weight is 529 g/mol. The summed E-state index contributed by atoms with van der Waals surface area (Å²) >= 11 is 0. The number of aromatic nitrogens is 1. The Balaban J connectivity index is 1.43. The highest BCUT2D eigenvalue weighted by atomic mass is 15.3. The molecular formula is C37H32BN3. The van der Waals surface area contributed by atoms with E-state index in [0.717, 1.165) is 5.69 Å². The summed E-state index contributed by atoms with van der Waals surface area (Å²) in [6, 6.07) is 41.7. The molecule has 1 aromatic heterocycles. The molecule has 0 aliphatic carbocycles. The molecule has 0 fully saturated rings. The fraction of sp³-hybridized carbons (Fsp3) is 0.108. The van der Waals surface area contributed by atoms with Crippen LogP contribution in [0.3, 0.4) is 0 Å². The lowest BCUT2D eigenvalue weighted by atomic mass is 9.60. The van der Waals surface area contributed by atoms with Crippen molar-refractivity contribution < 1.29 is 0 Å². The smallest absolute Gasteiger partial charge is 0.393 e. The van der Waals surface area contributed by atoms with Gasteiger partial charge in [-0.1, -0.05) is 96.1 Å². The van der Waals surface area contributed by atoms with E-state index < -0.39 is 0 Å². The first-order valence-electron chi connectivity index (χ1n) is 14.2. The SMILES string of the molecule is Cc1cc(C)cc(-c2nccc3cc4c(cc23)N(C)B(c2c(-c3ccccc3)cccc2-c2ccccc2)N4C)c1. The van der Waals surface area contributed by atoms with Crippen molar-refractivity contribution in [3.8, 4) is 33.5 Å². The number of aryl methyl sites for hydroxylation is 2. The Hall–Kier alpha value is -4.83. The number of benzene rings is 5. The maximum Gasteiger partial charge on any atom is 0.412 e. The van der Waals surface area contributed by atoms with Crippen LogP contribution in [0.2, 0.25) is 0 Å². The molecular weight excluding hydrogens is 497 g/mol. The fourth-order valence-electron chi connectivity index (χ4n) is 6.60. The Bertz CT molecular complexity index is 1820. The van der Waals surface area contributed by atoms with Crippen molar-refractivity contribution in [3.05, 3.63) is 133 Å². The summed E-state index contributed by atoms with van der Waals surface area (Å²) in [5, 5.41) is 2.38. The van der Waals surface area contributed by atoms with Crippen LogP contribution in [-0.2, 0) is 0 Å². The van der Waals surface area contributed by atoms with Gasteiger partial charge in [0.25, 0.3) is 0 Å². The van der Waals surface area contributed by atoms with Gasteiger partial charge >= 0.3 is 6.98 Å². The predicted octanol–water partition coefficient (Wildman–Crippen LogP) is 8.13. The van der Waals surface area contributed by atoms with Gasteiger partial charge in [0.1, 0.15) is 0 Å². The van der Waals surface area contributed by atoms with Crippen LogP contribution >= 0.6 is 0 Å². The van der Waals surface area contributed by atoms with E-state index >= 15 is 0 Å². The molecule has 0 spiro atoms. The highest BCUT2D eigenvalue weighted by molar-refractivity contribution is 6.84. The van der Waals surface area contributed by atoms with E-state index in [1.807, 2.05) is 6.20 Å². The van der Waals surface area contributed by atoms with E-state index in [-0.39, 0.29) is 6.98 Å². The van der Waals surface area contributed by atoms with Gasteiger partial charge in [-0.2, -0.15) is 0 Å². The zero-order valence-electron chi connectivity index (χ0n) is 24.0. The molecule has 0 amide bonds. The molecule has 41 heavy (non-hydrogen) atoms. The molecule has 0 radical (unpaired) electrons. The first-order chi connectivity index (χ1) is 20.0. The van der Waals surface area contributed by atoms with Crippen LogP contribution < -0.4 is 15.1 Å². The molecule has 0 N–H and O–H groups in total. The third-order valence-electron chi connectivity index (χ3n) is 8.38. The minimum atomic E-state index is 0.0195. The molecule has 0 atom stereocenters. The summed E-state index contributed by atoms with van der Waals surface area (Å²) in [6.45, 7) is 4.33. The Morgan fingerprint density at radius 2 is 1.12 bits per heavy atom. The second-order valence-electron chi connectivity index (χ2n) is 11.2. The van der Waals surface area contributed by atoms with Gasteiger partial charge in [-0.15, -0.1) is 0 Å². The lowest BCUT2D eigenvalue weighted by Crippen LogP contribution is -2.55. The molecule has 5 aromatic carbocycles. The predicted molar refractivity (Wildman–Crippen MR) is 176 cm³/mol. The number of hydrogen-bond donors (Lipinski definition) is 0. The number of nitrogens with zero attached hydrogens (tertiary/aromatic N) is 3. The minimum Gasteiger partial charge on any atom is -0.393 e. The number of hydrogen-bond acceptors (Lipinski definition) is 3. The molecule has 1 aliphatic rings. The average Bonchev–Trinajstić information content (AvgIpc) is 3.24. The van der Waals surface area contributed by atoms with Crippen molar-refractivity contribution in [1.29, 1.82) is 0 Å². The summed E-state index contributed by atoms with van der Waals surface area (Å²) < 4.78 is 0. The van der Waals surface area contributed by atoms with Gasteiger partial charge in [0.05, 0.1) is 5.69 Å². The lowest BCUT2D eigenvalue weighted by Gasteiger charge is -2.28. The van der Waals surface area contributed by atoms with Crippen molar-refractivity contribution in [3.63, 3.8) is 0 Å². The van der Waals surface area contributed by atoms with Crippen molar-refractivity contribution in [2.45, 2.75) is 13.8 Å².